The van der Waals surface area contributed by atoms with Crippen molar-refractivity contribution < 1.29 is 4.79 Å². The highest BCUT2D eigenvalue weighted by Crippen LogP contribution is 2.16. The van der Waals surface area contributed by atoms with Gasteiger partial charge >= 0.3 is 0 Å². The molecule has 0 aliphatic rings. The summed E-state index contributed by atoms with van der Waals surface area (Å²) in [6.45, 7) is 4.11. The average Bonchev–Trinajstić information content (AvgIpc) is 2.87. The number of hydrogen-bond donors (Lipinski definition) is 1. The molecular formula is C34H67NO. The normalized spacial score (nSPS) is 11.9. The zero-order valence-electron chi connectivity index (χ0n) is 25.1. The number of primary amides is 1. The van der Waals surface area contributed by atoms with Gasteiger partial charge in [0.15, 0.2) is 0 Å². The lowest BCUT2D eigenvalue weighted by Gasteiger charge is -2.04. The zero-order chi connectivity index (χ0) is 26.4. The van der Waals surface area contributed by atoms with Crippen molar-refractivity contribution in [2.24, 2.45) is 5.73 Å². The second-order valence-electron chi connectivity index (χ2n) is 11.6. The summed E-state index contributed by atoms with van der Waals surface area (Å²) < 4.78 is 0. The molecule has 0 rings (SSSR count). The van der Waals surface area contributed by atoms with Gasteiger partial charge in [-0.05, 0) is 19.8 Å². The fourth-order valence-electron chi connectivity index (χ4n) is 5.23. The Labute approximate surface area is 228 Å². The highest BCUT2D eigenvalue weighted by Gasteiger charge is 1.98. The molecule has 0 aromatic carbocycles. The Balaban J connectivity index is 3.08. The number of allylic oxidation sites excluding steroid dienone is 1. The number of hydrogen-bond acceptors (Lipinski definition) is 1. The molecule has 0 atom stereocenters. The number of amides is 1. The van der Waals surface area contributed by atoms with E-state index >= 15 is 0 Å². The van der Waals surface area contributed by atoms with Gasteiger partial charge in [0, 0.05) is 5.57 Å². The summed E-state index contributed by atoms with van der Waals surface area (Å²) in [6.07, 6.45) is 43.1. The molecular weight excluding hydrogens is 438 g/mol. The maximum absolute atomic E-state index is 10.9. The van der Waals surface area contributed by atoms with Crippen LogP contribution in [0.3, 0.4) is 0 Å². The van der Waals surface area contributed by atoms with Crippen molar-refractivity contribution >= 4 is 5.91 Å². The van der Waals surface area contributed by atoms with Gasteiger partial charge in [0.05, 0.1) is 0 Å². The predicted molar refractivity (Wildman–Crippen MR) is 163 cm³/mol. The van der Waals surface area contributed by atoms with E-state index in [9.17, 15) is 4.79 Å². The molecule has 0 unspecified atom stereocenters. The lowest BCUT2D eigenvalue weighted by atomic mass is 10.0. The molecule has 0 aromatic heterocycles. The molecule has 1 amide bonds. The third-order valence-corrected chi connectivity index (χ3v) is 7.90. The molecule has 2 heteroatoms. The Kier molecular flexibility index (Phi) is 29.8. The van der Waals surface area contributed by atoms with E-state index < -0.39 is 0 Å². The van der Waals surface area contributed by atoms with Crippen LogP contribution in [0.1, 0.15) is 200 Å². The van der Waals surface area contributed by atoms with Crippen LogP contribution >= 0.6 is 0 Å². The minimum Gasteiger partial charge on any atom is -0.366 e. The van der Waals surface area contributed by atoms with Gasteiger partial charge in [-0.1, -0.05) is 186 Å². The van der Waals surface area contributed by atoms with Crippen LogP contribution in [0.25, 0.3) is 0 Å². The summed E-state index contributed by atoms with van der Waals surface area (Å²) in [5.74, 6) is -0.282. The molecule has 0 radical (unpaired) electrons. The van der Waals surface area contributed by atoms with Gasteiger partial charge in [0.1, 0.15) is 0 Å². The van der Waals surface area contributed by atoms with Crippen LogP contribution in [-0.2, 0) is 4.79 Å². The summed E-state index contributed by atoms with van der Waals surface area (Å²) in [7, 11) is 0. The van der Waals surface area contributed by atoms with Gasteiger partial charge in [0.25, 0.3) is 0 Å². The van der Waals surface area contributed by atoms with Crippen LogP contribution < -0.4 is 5.73 Å². The Morgan fingerprint density at radius 3 is 0.889 bits per heavy atom. The Bertz CT molecular complexity index is 470. The van der Waals surface area contributed by atoms with Crippen molar-refractivity contribution in [3.63, 3.8) is 0 Å². The second-order valence-corrected chi connectivity index (χ2v) is 11.6. The average molecular weight is 506 g/mol. The molecule has 0 saturated heterocycles. The molecule has 0 aliphatic heterocycles. The van der Waals surface area contributed by atoms with Crippen molar-refractivity contribution in [2.45, 2.75) is 200 Å². The van der Waals surface area contributed by atoms with E-state index in [-0.39, 0.29) is 5.91 Å². The minimum atomic E-state index is -0.282. The fourth-order valence-corrected chi connectivity index (χ4v) is 5.23. The topological polar surface area (TPSA) is 43.1 Å². The van der Waals surface area contributed by atoms with E-state index in [0.29, 0.717) is 5.57 Å². The predicted octanol–water partition coefficient (Wildman–Crippen LogP) is 11.8. The quantitative estimate of drug-likeness (QED) is 0.0765. The van der Waals surface area contributed by atoms with Crippen molar-refractivity contribution in [3.8, 4) is 0 Å². The largest absolute Gasteiger partial charge is 0.366 e. The summed E-state index contributed by atoms with van der Waals surface area (Å²) in [5, 5.41) is 0. The van der Waals surface area contributed by atoms with Gasteiger partial charge in [-0.3, -0.25) is 4.79 Å². The van der Waals surface area contributed by atoms with E-state index in [0.717, 1.165) is 6.42 Å². The molecule has 2 nitrogen and oxygen atoms in total. The van der Waals surface area contributed by atoms with Crippen LogP contribution in [0.5, 0.6) is 0 Å². The van der Waals surface area contributed by atoms with Crippen molar-refractivity contribution in [1.82, 2.24) is 0 Å². The monoisotopic (exact) mass is 506 g/mol. The van der Waals surface area contributed by atoms with Crippen LogP contribution in [0.2, 0.25) is 0 Å². The standard InChI is InChI=1S/C34H67NO/c1-3-4-5-6-7-8-9-10-11-12-13-14-15-16-17-18-19-20-21-22-23-24-25-26-27-28-29-30-31-32-33(2)34(35)36/h32H,3-31H2,1-2H3,(H2,35,36). The third-order valence-electron chi connectivity index (χ3n) is 7.90. The molecule has 0 aromatic rings. The van der Waals surface area contributed by atoms with Crippen LogP contribution in [0.4, 0.5) is 0 Å². The summed E-state index contributed by atoms with van der Waals surface area (Å²) in [4.78, 5) is 10.9. The second kappa shape index (κ2) is 30.4. The molecule has 0 heterocycles. The zero-order valence-corrected chi connectivity index (χ0v) is 25.1. The first kappa shape index (κ1) is 35.2. The summed E-state index contributed by atoms with van der Waals surface area (Å²) in [5.41, 5.74) is 5.95. The number of carbonyl (C=O) groups excluding carboxylic acids is 1. The molecule has 0 saturated carbocycles. The Morgan fingerprint density at radius 1 is 0.444 bits per heavy atom. The molecule has 0 bridgehead atoms. The molecule has 0 spiro atoms. The van der Waals surface area contributed by atoms with E-state index in [4.69, 9.17) is 5.73 Å². The first-order chi connectivity index (χ1) is 17.7. The third kappa shape index (κ3) is 29.4. The number of rotatable bonds is 30. The highest BCUT2D eigenvalue weighted by atomic mass is 16.1. The van der Waals surface area contributed by atoms with Gasteiger partial charge in [-0.15, -0.1) is 0 Å². The SMILES string of the molecule is CCCCCCCCCCCCCCCCCCCCCCCCCCCCCCC=C(C)C(N)=O. The number of unbranched alkanes of at least 4 members (excludes halogenated alkanes) is 28. The van der Waals surface area contributed by atoms with Crippen molar-refractivity contribution in [2.75, 3.05) is 0 Å². The van der Waals surface area contributed by atoms with Gasteiger partial charge in [0.2, 0.25) is 5.91 Å². The van der Waals surface area contributed by atoms with E-state index in [1.54, 1.807) is 0 Å². The van der Waals surface area contributed by atoms with E-state index in [2.05, 4.69) is 6.92 Å². The number of nitrogens with two attached hydrogens (primary N) is 1. The van der Waals surface area contributed by atoms with Crippen LogP contribution in [0.15, 0.2) is 11.6 Å². The minimum absolute atomic E-state index is 0.282. The van der Waals surface area contributed by atoms with Crippen LogP contribution in [-0.4, -0.2) is 5.91 Å². The highest BCUT2D eigenvalue weighted by molar-refractivity contribution is 5.91. The summed E-state index contributed by atoms with van der Waals surface area (Å²) in [6, 6.07) is 0. The fraction of sp³-hybridized carbons (Fsp3) is 0.912. The van der Waals surface area contributed by atoms with E-state index in [1.807, 2.05) is 13.0 Å². The molecule has 36 heavy (non-hydrogen) atoms. The molecule has 214 valence electrons. The first-order valence-corrected chi connectivity index (χ1v) is 16.6. The molecule has 2 N–H and O–H groups in total. The lowest BCUT2D eigenvalue weighted by Crippen LogP contribution is -2.11. The lowest BCUT2D eigenvalue weighted by molar-refractivity contribution is -0.114. The van der Waals surface area contributed by atoms with Crippen molar-refractivity contribution in [1.29, 1.82) is 0 Å². The van der Waals surface area contributed by atoms with Gasteiger partial charge in [-0.25, -0.2) is 0 Å². The van der Waals surface area contributed by atoms with E-state index in [1.165, 1.54) is 180 Å². The summed E-state index contributed by atoms with van der Waals surface area (Å²) >= 11 is 0. The Morgan fingerprint density at radius 2 is 0.667 bits per heavy atom. The van der Waals surface area contributed by atoms with Crippen molar-refractivity contribution in [3.05, 3.63) is 11.6 Å². The van der Waals surface area contributed by atoms with Gasteiger partial charge < -0.3 is 5.73 Å². The number of carbonyl (C=O) groups is 1. The smallest absolute Gasteiger partial charge is 0.244 e. The van der Waals surface area contributed by atoms with Crippen LogP contribution in [0, 0.1) is 0 Å². The molecule has 0 aliphatic carbocycles. The maximum Gasteiger partial charge on any atom is 0.244 e. The maximum atomic E-state index is 10.9. The van der Waals surface area contributed by atoms with Gasteiger partial charge in [-0.2, -0.15) is 0 Å². The Hall–Kier alpha value is -0.790. The first-order valence-electron chi connectivity index (χ1n) is 16.6. The molecule has 0 fully saturated rings.